The van der Waals surface area contributed by atoms with Crippen molar-refractivity contribution in [2.24, 2.45) is 5.92 Å². The van der Waals surface area contributed by atoms with Crippen molar-refractivity contribution in [1.29, 1.82) is 0 Å². The number of hydrogen-bond acceptors (Lipinski definition) is 8. The maximum absolute atomic E-state index is 13.9. The van der Waals surface area contributed by atoms with E-state index in [0.717, 1.165) is 33.6 Å². The van der Waals surface area contributed by atoms with Crippen LogP contribution in [0.2, 0.25) is 10.0 Å². The number of hydrogen-bond donors (Lipinski definition) is 1. The van der Waals surface area contributed by atoms with E-state index >= 15 is 0 Å². The number of carbonyl (C=O) groups excluding carboxylic acids is 3. The van der Waals surface area contributed by atoms with Gasteiger partial charge >= 0.3 is 4.87 Å². The molecule has 4 aromatic rings. The van der Waals surface area contributed by atoms with Crippen LogP contribution in [0.5, 0.6) is 0 Å². The molecule has 1 aromatic heterocycles. The van der Waals surface area contributed by atoms with Crippen molar-refractivity contribution in [3.8, 4) is 0 Å². The minimum Gasteiger partial charge on any atom is -0.324 e. The quantitative estimate of drug-likeness (QED) is 0.166. The van der Waals surface area contributed by atoms with Gasteiger partial charge in [-0.2, -0.15) is 0 Å². The highest BCUT2D eigenvalue weighted by molar-refractivity contribution is 8.00. The second kappa shape index (κ2) is 11.0. The molecule has 10 nitrogen and oxygen atoms in total. The van der Waals surface area contributed by atoms with E-state index in [1.165, 1.54) is 41.0 Å². The van der Waals surface area contributed by atoms with E-state index in [4.69, 9.17) is 23.2 Å². The van der Waals surface area contributed by atoms with Crippen LogP contribution in [0, 0.1) is 16.0 Å². The third-order valence-corrected chi connectivity index (χ3v) is 10.4. The zero-order valence-electron chi connectivity index (χ0n) is 21.2. The molecule has 212 valence electrons. The topological polar surface area (TPSA) is 132 Å². The van der Waals surface area contributed by atoms with Gasteiger partial charge in [0.25, 0.3) is 5.69 Å². The number of imide groups is 1. The molecular weight excluding hydrogens is 623 g/mol. The van der Waals surface area contributed by atoms with Crippen molar-refractivity contribution in [2.75, 3.05) is 10.2 Å². The van der Waals surface area contributed by atoms with Gasteiger partial charge < -0.3 is 5.32 Å². The molecule has 0 bridgehead atoms. The second-order valence-corrected chi connectivity index (χ2v) is 12.5. The Morgan fingerprint density at radius 3 is 2.33 bits per heavy atom. The number of fused-ring (bicyclic) bond motifs is 2. The number of aromatic nitrogens is 1. The first-order valence-corrected chi connectivity index (χ1v) is 14.9. The summed E-state index contributed by atoms with van der Waals surface area (Å²) in [6.07, 6.45) is 0. The zero-order valence-corrected chi connectivity index (χ0v) is 24.4. The summed E-state index contributed by atoms with van der Waals surface area (Å²) < 4.78 is 1.32. The summed E-state index contributed by atoms with van der Waals surface area (Å²) in [5, 5.41) is 14.0. The Hall–Kier alpha value is -3.97. The molecule has 1 fully saturated rings. The highest BCUT2D eigenvalue weighted by Gasteiger charge is 2.56. The van der Waals surface area contributed by atoms with Gasteiger partial charge in [-0.1, -0.05) is 76.6 Å². The Kier molecular flexibility index (Phi) is 7.39. The van der Waals surface area contributed by atoms with Crippen molar-refractivity contribution in [1.82, 2.24) is 4.57 Å². The summed E-state index contributed by atoms with van der Waals surface area (Å²) in [4.78, 5) is 65.7. The molecule has 1 saturated heterocycles. The molecule has 0 aliphatic carbocycles. The summed E-state index contributed by atoms with van der Waals surface area (Å²) in [7, 11) is 0. The van der Waals surface area contributed by atoms with Crippen LogP contribution in [0.4, 0.5) is 17.1 Å². The number of nitro benzene ring substituents is 1. The number of benzene rings is 3. The maximum atomic E-state index is 13.9. The predicted molar refractivity (Wildman–Crippen MR) is 161 cm³/mol. The number of nitro groups is 1. The minimum absolute atomic E-state index is 0.169. The molecule has 3 unspecified atom stereocenters. The van der Waals surface area contributed by atoms with Crippen LogP contribution in [0.25, 0.3) is 0 Å². The Bertz CT molecular complexity index is 1830. The number of rotatable bonds is 6. The molecule has 2 aliphatic rings. The third-order valence-electron chi connectivity index (χ3n) is 7.03. The van der Waals surface area contributed by atoms with Gasteiger partial charge in [-0.15, -0.1) is 0 Å². The number of amides is 3. The monoisotopic (exact) mass is 640 g/mol. The fourth-order valence-corrected chi connectivity index (χ4v) is 8.24. The summed E-state index contributed by atoms with van der Waals surface area (Å²) in [5.41, 5.74) is 1.20. The molecule has 3 amide bonds. The number of non-ortho nitro benzene ring substituents is 1. The van der Waals surface area contributed by atoms with E-state index in [2.05, 4.69) is 5.32 Å². The Labute approximate surface area is 256 Å². The van der Waals surface area contributed by atoms with E-state index in [0.29, 0.717) is 20.6 Å². The van der Waals surface area contributed by atoms with Gasteiger partial charge in [0.1, 0.15) is 11.8 Å². The number of nitrogens with one attached hydrogen (secondary N) is 1. The molecule has 3 aromatic carbocycles. The number of nitrogens with zero attached hydrogens (tertiary/aromatic N) is 3. The number of thioether (sulfide) groups is 1. The molecule has 3 heterocycles. The SMILES string of the molecule is O=C(Cn1c2c(sc1=O)C(c1ccccc1)C1C(=O)N(c3ccc([N+](=O)[O-])cc3)C(=O)C1S2)Nc1ccc(Cl)c(Cl)c1. The summed E-state index contributed by atoms with van der Waals surface area (Å²) in [5.74, 6) is -2.90. The normalized spacial score (nSPS) is 19.4. The Morgan fingerprint density at radius 1 is 0.952 bits per heavy atom. The molecular formula is C28H18Cl2N4O6S2. The molecule has 6 rings (SSSR count). The third kappa shape index (κ3) is 4.90. The van der Waals surface area contributed by atoms with E-state index in [1.54, 1.807) is 6.07 Å². The lowest BCUT2D eigenvalue weighted by atomic mass is 9.83. The number of thiazole rings is 1. The van der Waals surface area contributed by atoms with Crippen LogP contribution in [0.1, 0.15) is 16.4 Å². The van der Waals surface area contributed by atoms with Crippen molar-refractivity contribution in [2.45, 2.75) is 22.7 Å². The lowest BCUT2D eigenvalue weighted by Gasteiger charge is -2.30. The van der Waals surface area contributed by atoms with Crippen LogP contribution in [-0.2, 0) is 20.9 Å². The average Bonchev–Trinajstić information content (AvgIpc) is 3.41. The van der Waals surface area contributed by atoms with E-state index < -0.39 is 44.6 Å². The van der Waals surface area contributed by atoms with Gasteiger partial charge in [-0.25, -0.2) is 4.90 Å². The Balaban J connectivity index is 1.37. The molecule has 0 saturated carbocycles. The highest BCUT2D eigenvalue weighted by atomic mass is 35.5. The number of halogens is 2. The standard InChI is InChI=1S/C28H18Cl2N4O6S2/c29-18-11-6-15(12-19(18)30)31-20(35)13-32-27-24(42-28(32)38)21(14-4-2-1-3-5-14)22-23(41-27)26(37)33(25(22)36)16-7-9-17(10-8-16)34(39)40/h1-12,21-23H,13H2,(H,31,35). The van der Waals surface area contributed by atoms with Crippen LogP contribution < -0.4 is 15.1 Å². The van der Waals surface area contributed by atoms with Gasteiger partial charge in [0.2, 0.25) is 17.7 Å². The summed E-state index contributed by atoms with van der Waals surface area (Å²) in [6, 6.07) is 18.9. The summed E-state index contributed by atoms with van der Waals surface area (Å²) >= 11 is 14.0. The van der Waals surface area contributed by atoms with Crippen LogP contribution in [0.3, 0.4) is 0 Å². The van der Waals surface area contributed by atoms with Crippen LogP contribution in [0.15, 0.2) is 82.6 Å². The highest BCUT2D eigenvalue weighted by Crippen LogP contribution is 2.53. The average molecular weight is 642 g/mol. The molecule has 0 radical (unpaired) electrons. The molecule has 14 heteroatoms. The Morgan fingerprint density at radius 2 is 1.67 bits per heavy atom. The van der Waals surface area contributed by atoms with Gasteiger partial charge in [-0.3, -0.25) is 33.9 Å². The summed E-state index contributed by atoms with van der Waals surface area (Å²) in [6.45, 7) is -0.328. The maximum Gasteiger partial charge on any atom is 0.308 e. The fraction of sp³-hybridized carbons (Fsp3) is 0.143. The molecule has 3 atom stereocenters. The van der Waals surface area contributed by atoms with Gasteiger partial charge in [0.05, 0.1) is 31.6 Å². The van der Waals surface area contributed by atoms with Crippen LogP contribution >= 0.6 is 46.3 Å². The van der Waals surface area contributed by atoms with Gasteiger partial charge in [0, 0.05) is 28.6 Å². The second-order valence-electron chi connectivity index (χ2n) is 9.54. The van der Waals surface area contributed by atoms with Gasteiger partial charge in [-0.05, 0) is 35.9 Å². The first kappa shape index (κ1) is 28.2. The van der Waals surface area contributed by atoms with Crippen molar-refractivity contribution < 1.29 is 19.3 Å². The molecule has 0 spiro atoms. The van der Waals surface area contributed by atoms with E-state index in [1.807, 2.05) is 30.3 Å². The van der Waals surface area contributed by atoms with Crippen LogP contribution in [-0.4, -0.2) is 32.5 Å². The van der Waals surface area contributed by atoms with E-state index in [9.17, 15) is 29.3 Å². The van der Waals surface area contributed by atoms with Crippen molar-refractivity contribution in [3.63, 3.8) is 0 Å². The first-order valence-electron chi connectivity index (χ1n) is 12.5. The zero-order chi connectivity index (χ0) is 29.7. The largest absolute Gasteiger partial charge is 0.324 e. The predicted octanol–water partition coefficient (Wildman–Crippen LogP) is 5.56. The molecule has 1 N–H and O–H groups in total. The molecule has 42 heavy (non-hydrogen) atoms. The lowest BCUT2D eigenvalue weighted by molar-refractivity contribution is -0.384. The minimum atomic E-state index is -0.885. The lowest BCUT2D eigenvalue weighted by Crippen LogP contribution is -2.33. The van der Waals surface area contributed by atoms with Gasteiger partial charge in [0.15, 0.2) is 0 Å². The van der Waals surface area contributed by atoms with Crippen molar-refractivity contribution in [3.05, 3.63) is 113 Å². The first-order chi connectivity index (χ1) is 20.1. The number of anilines is 2. The smallest absolute Gasteiger partial charge is 0.308 e. The molecule has 2 aliphatic heterocycles. The van der Waals surface area contributed by atoms with E-state index in [-0.39, 0.29) is 22.9 Å². The fourth-order valence-electron chi connectivity index (χ4n) is 5.17. The van der Waals surface area contributed by atoms with Crippen molar-refractivity contribution >= 4 is 81.1 Å². The number of carbonyl (C=O) groups is 3.